The van der Waals surface area contributed by atoms with Crippen LogP contribution in [0.4, 0.5) is 11.4 Å². The molecule has 3 aromatic rings. The first kappa shape index (κ1) is 21.5. The number of ether oxygens (including phenoxy) is 2. The van der Waals surface area contributed by atoms with Crippen LogP contribution in [0.1, 0.15) is 40.9 Å². The number of ketones is 1. The molecular weight excluding hydrogens is 424 g/mol. The molecule has 3 aromatic carbocycles. The van der Waals surface area contributed by atoms with Crippen molar-refractivity contribution in [2.75, 3.05) is 0 Å². The fraction of sp³-hybridized carbons (Fsp3) is 0.130. The van der Waals surface area contributed by atoms with Gasteiger partial charge in [0.2, 0.25) is 0 Å². The van der Waals surface area contributed by atoms with Crippen LogP contribution >= 0.6 is 0 Å². The molecule has 0 fully saturated rings. The fourth-order valence-corrected chi connectivity index (χ4v) is 3.88. The molecule has 0 saturated heterocycles. The van der Waals surface area contributed by atoms with Crippen LogP contribution in [-0.4, -0.2) is 11.8 Å². The number of nitrogens with zero attached hydrogens (tertiary/aromatic N) is 6. The van der Waals surface area contributed by atoms with E-state index < -0.39 is 11.6 Å². The maximum absolute atomic E-state index is 12.7. The Morgan fingerprint density at radius 3 is 1.88 bits per heavy atom. The Morgan fingerprint density at radius 1 is 0.848 bits per heavy atom. The fourth-order valence-electron chi connectivity index (χ4n) is 3.88. The summed E-state index contributed by atoms with van der Waals surface area (Å²) in [5, 5.41) is 7.24. The van der Waals surface area contributed by atoms with Gasteiger partial charge in [0.1, 0.15) is 17.3 Å². The van der Waals surface area contributed by atoms with Gasteiger partial charge in [-0.2, -0.15) is 0 Å². The molecule has 0 unspecified atom stereocenters. The molecule has 2 heterocycles. The molecule has 2 aliphatic rings. The number of Topliss-reactive ketones (excluding diaryl/α,β-unsaturated/α-hetero) is 1. The van der Waals surface area contributed by atoms with E-state index in [4.69, 9.17) is 20.5 Å². The lowest BCUT2D eigenvalue weighted by molar-refractivity contribution is -0.115. The van der Waals surface area contributed by atoms with E-state index in [1.54, 1.807) is 48.5 Å². The van der Waals surface area contributed by atoms with E-state index in [2.05, 4.69) is 20.1 Å². The van der Waals surface area contributed by atoms with Crippen molar-refractivity contribution in [3.63, 3.8) is 0 Å². The van der Waals surface area contributed by atoms with Crippen molar-refractivity contribution >= 4 is 23.1 Å². The number of azide groups is 2. The summed E-state index contributed by atoms with van der Waals surface area (Å²) in [4.78, 5) is 27.8. The highest BCUT2D eigenvalue weighted by Crippen LogP contribution is 2.56. The Balaban J connectivity index is 0.000000601. The van der Waals surface area contributed by atoms with Crippen LogP contribution < -0.4 is 4.74 Å². The van der Waals surface area contributed by atoms with Crippen molar-refractivity contribution in [1.29, 1.82) is 0 Å². The van der Waals surface area contributed by atoms with Crippen LogP contribution in [0.2, 0.25) is 0 Å². The molecule has 0 bridgehead atoms. The summed E-state index contributed by atoms with van der Waals surface area (Å²) in [7, 11) is 0. The van der Waals surface area contributed by atoms with Gasteiger partial charge in [0.05, 0.1) is 5.56 Å². The van der Waals surface area contributed by atoms with Crippen LogP contribution in [0.3, 0.4) is 0 Å². The van der Waals surface area contributed by atoms with E-state index in [-0.39, 0.29) is 5.78 Å². The van der Waals surface area contributed by atoms with Crippen molar-refractivity contribution in [3.05, 3.63) is 104 Å². The summed E-state index contributed by atoms with van der Waals surface area (Å²) < 4.78 is 12.0. The molecule has 0 atom stereocenters. The molecule has 0 aliphatic carbocycles. The molecule has 10 heteroatoms. The van der Waals surface area contributed by atoms with Gasteiger partial charge in [-0.15, -0.1) is 0 Å². The molecule has 0 radical (unpaired) electrons. The van der Waals surface area contributed by atoms with Crippen molar-refractivity contribution in [2.45, 2.75) is 19.4 Å². The number of rotatable bonds is 2. The smallest absolute Gasteiger partial charge is 0.340 e. The summed E-state index contributed by atoms with van der Waals surface area (Å²) in [5.74, 6) is 0.479. The molecule has 33 heavy (non-hydrogen) atoms. The summed E-state index contributed by atoms with van der Waals surface area (Å²) in [6, 6.07) is 17.0. The normalized spacial score (nSPS) is 16.4. The van der Waals surface area contributed by atoms with Gasteiger partial charge in [0, 0.05) is 37.9 Å². The molecule has 162 valence electrons. The Kier molecular flexibility index (Phi) is 5.46. The van der Waals surface area contributed by atoms with Gasteiger partial charge in [0.15, 0.2) is 5.60 Å². The molecule has 2 aliphatic heterocycles. The second-order valence-electron chi connectivity index (χ2n) is 7.37. The van der Waals surface area contributed by atoms with Gasteiger partial charge < -0.3 is 14.3 Å². The largest absolute Gasteiger partial charge is 0.456 e. The third kappa shape index (κ3) is 3.61. The molecular formula is C23H16N6O4. The lowest BCUT2D eigenvalue weighted by atomic mass is 9.77. The van der Waals surface area contributed by atoms with Gasteiger partial charge in [0.25, 0.3) is 0 Å². The van der Waals surface area contributed by atoms with Gasteiger partial charge in [-0.25, -0.2) is 4.79 Å². The number of benzene rings is 3. The molecule has 0 saturated carbocycles. The molecule has 1 spiro atoms. The standard InChI is InChI=1S/C20H10N6O3.C3H6O/c21-25-23-11-5-7-15-17(9-11)28-18-10-12(24-26-22)6-8-16(18)20(15)14-4-2-1-3-13(14)19(27)29-20;1-3(2)4/h1-10H;1-2H3. The van der Waals surface area contributed by atoms with E-state index in [0.717, 1.165) is 0 Å². The van der Waals surface area contributed by atoms with E-state index in [9.17, 15) is 9.59 Å². The lowest BCUT2D eigenvalue weighted by Crippen LogP contribution is -2.32. The van der Waals surface area contributed by atoms with Crippen molar-refractivity contribution in [3.8, 4) is 11.5 Å². The molecule has 0 amide bonds. The Bertz CT molecular complexity index is 1330. The van der Waals surface area contributed by atoms with E-state index >= 15 is 0 Å². The second-order valence-corrected chi connectivity index (χ2v) is 7.37. The van der Waals surface area contributed by atoms with Crippen LogP contribution in [-0.2, 0) is 15.1 Å². The van der Waals surface area contributed by atoms with E-state index in [0.29, 0.717) is 45.1 Å². The average Bonchev–Trinajstić information content (AvgIpc) is 3.07. The number of esters is 1. The number of carbonyl (C=O) groups excluding carboxylic acids is 2. The zero-order valence-electron chi connectivity index (χ0n) is 17.6. The SMILES string of the molecule is CC(C)=O.[N-]=[N+]=Nc1ccc2c(c1)Oc1cc(N=[N+]=[N-])ccc1C21OC(=O)c2ccccc21. The van der Waals surface area contributed by atoms with Gasteiger partial charge in [-0.1, -0.05) is 52.7 Å². The number of hydrogen-bond donors (Lipinski definition) is 0. The maximum atomic E-state index is 12.7. The second kappa shape index (κ2) is 8.39. The molecule has 0 N–H and O–H groups in total. The average molecular weight is 440 g/mol. The lowest BCUT2D eigenvalue weighted by Gasteiger charge is -2.36. The van der Waals surface area contributed by atoms with Crippen molar-refractivity contribution < 1.29 is 19.1 Å². The number of hydrogen-bond acceptors (Lipinski definition) is 6. The minimum atomic E-state index is -1.22. The maximum Gasteiger partial charge on any atom is 0.340 e. The summed E-state index contributed by atoms with van der Waals surface area (Å²) in [6.45, 7) is 3.06. The minimum absolute atomic E-state index is 0.167. The summed E-state index contributed by atoms with van der Waals surface area (Å²) >= 11 is 0. The molecule has 0 aromatic heterocycles. The summed E-state index contributed by atoms with van der Waals surface area (Å²) in [5.41, 5.74) is 19.3. The van der Waals surface area contributed by atoms with E-state index in [1.807, 2.05) is 12.1 Å². The first-order valence-corrected chi connectivity index (χ1v) is 9.78. The van der Waals surface area contributed by atoms with Gasteiger partial charge >= 0.3 is 5.97 Å². The zero-order chi connectivity index (χ0) is 23.6. The topological polar surface area (TPSA) is 150 Å². The van der Waals surface area contributed by atoms with E-state index in [1.165, 1.54) is 13.8 Å². The zero-order valence-corrected chi connectivity index (χ0v) is 17.6. The molecule has 5 rings (SSSR count). The summed E-state index contributed by atoms with van der Waals surface area (Å²) in [6.07, 6.45) is 0. The van der Waals surface area contributed by atoms with Gasteiger partial charge in [-0.05, 0) is 43.1 Å². The Hall–Kier alpha value is -4.78. The first-order chi connectivity index (χ1) is 15.9. The van der Waals surface area contributed by atoms with Crippen LogP contribution in [0.5, 0.6) is 11.5 Å². The predicted octanol–water partition coefficient (Wildman–Crippen LogP) is 6.73. The van der Waals surface area contributed by atoms with Crippen LogP contribution in [0.15, 0.2) is 70.9 Å². The Morgan fingerprint density at radius 2 is 1.36 bits per heavy atom. The first-order valence-electron chi connectivity index (χ1n) is 9.78. The van der Waals surface area contributed by atoms with Crippen molar-refractivity contribution in [2.24, 2.45) is 10.2 Å². The third-order valence-electron chi connectivity index (χ3n) is 5.00. The van der Waals surface area contributed by atoms with Crippen molar-refractivity contribution in [1.82, 2.24) is 0 Å². The highest BCUT2D eigenvalue weighted by atomic mass is 16.6. The van der Waals surface area contributed by atoms with Crippen LogP contribution in [0, 0.1) is 0 Å². The Labute approximate surface area is 187 Å². The van der Waals surface area contributed by atoms with Gasteiger partial charge in [-0.3, -0.25) is 0 Å². The predicted molar refractivity (Wildman–Crippen MR) is 119 cm³/mol. The monoisotopic (exact) mass is 440 g/mol. The third-order valence-corrected chi connectivity index (χ3v) is 5.00. The highest BCUT2D eigenvalue weighted by Gasteiger charge is 2.53. The number of carbonyl (C=O) groups is 2. The quantitative estimate of drug-likeness (QED) is 0.188. The number of fused-ring (bicyclic) bond motifs is 6. The minimum Gasteiger partial charge on any atom is -0.456 e. The molecule has 10 nitrogen and oxygen atoms in total. The van der Waals surface area contributed by atoms with Crippen LogP contribution in [0.25, 0.3) is 20.9 Å². The highest BCUT2D eigenvalue weighted by molar-refractivity contribution is 5.97.